The van der Waals surface area contributed by atoms with Crippen LogP contribution in [0.5, 0.6) is 5.75 Å². The summed E-state index contributed by atoms with van der Waals surface area (Å²) < 4.78 is 20.0. The van der Waals surface area contributed by atoms with Crippen molar-refractivity contribution in [3.8, 4) is 11.8 Å². The minimum absolute atomic E-state index is 0.0431. The van der Waals surface area contributed by atoms with Crippen molar-refractivity contribution >= 4 is 45.2 Å². The monoisotopic (exact) mass is 507 g/mol. The molecule has 8 heteroatoms. The van der Waals surface area contributed by atoms with Crippen molar-refractivity contribution in [1.29, 1.82) is 5.26 Å². The third-order valence-electron chi connectivity index (χ3n) is 4.45. The third kappa shape index (κ3) is 6.76. The highest BCUT2D eigenvalue weighted by Crippen LogP contribution is 2.26. The van der Waals surface area contributed by atoms with Gasteiger partial charge in [0.1, 0.15) is 23.2 Å². The van der Waals surface area contributed by atoms with Crippen molar-refractivity contribution in [3.63, 3.8) is 0 Å². The molecule has 2 amide bonds. The van der Waals surface area contributed by atoms with Crippen LogP contribution in [-0.4, -0.2) is 18.4 Å². The van der Waals surface area contributed by atoms with Crippen LogP contribution in [0.15, 0.2) is 76.8 Å². The highest BCUT2D eigenvalue weighted by atomic mass is 79.9. The zero-order valence-electron chi connectivity index (χ0n) is 17.6. The molecule has 3 aromatic carbocycles. The second-order valence-corrected chi connectivity index (χ2v) is 7.90. The van der Waals surface area contributed by atoms with Crippen molar-refractivity contribution in [2.45, 2.75) is 6.92 Å². The Hall–Kier alpha value is -3.96. The van der Waals surface area contributed by atoms with Crippen LogP contribution in [0.3, 0.4) is 0 Å². The predicted molar refractivity (Wildman–Crippen MR) is 128 cm³/mol. The quantitative estimate of drug-likeness (QED) is 0.328. The summed E-state index contributed by atoms with van der Waals surface area (Å²) in [6, 6.07) is 19.8. The molecular weight excluding hydrogens is 489 g/mol. The fourth-order valence-corrected chi connectivity index (χ4v) is 3.17. The largest absolute Gasteiger partial charge is 0.483 e. The van der Waals surface area contributed by atoms with Gasteiger partial charge in [0.05, 0.1) is 5.69 Å². The molecule has 0 saturated carbocycles. The highest BCUT2D eigenvalue weighted by molar-refractivity contribution is 9.10. The number of carbonyl (C=O) groups is 2. The number of halogens is 2. The van der Waals surface area contributed by atoms with E-state index in [-0.39, 0.29) is 17.0 Å². The molecule has 33 heavy (non-hydrogen) atoms. The van der Waals surface area contributed by atoms with Gasteiger partial charge in [-0.3, -0.25) is 9.59 Å². The molecule has 0 atom stereocenters. The van der Waals surface area contributed by atoms with Gasteiger partial charge in [0.15, 0.2) is 6.61 Å². The smallest absolute Gasteiger partial charge is 0.266 e. The second-order valence-electron chi connectivity index (χ2n) is 6.99. The number of nitrogens with zero attached hydrogens (tertiary/aromatic N) is 1. The van der Waals surface area contributed by atoms with Crippen LogP contribution in [0.25, 0.3) is 6.08 Å². The number of aryl methyl sites for hydroxylation is 1. The number of benzene rings is 3. The summed E-state index contributed by atoms with van der Waals surface area (Å²) >= 11 is 3.35. The molecule has 0 spiro atoms. The number of rotatable bonds is 7. The molecule has 0 aliphatic carbocycles. The molecule has 0 heterocycles. The molecule has 0 bridgehead atoms. The van der Waals surface area contributed by atoms with Crippen molar-refractivity contribution in [2.75, 3.05) is 17.2 Å². The molecule has 0 fully saturated rings. The summed E-state index contributed by atoms with van der Waals surface area (Å²) in [5.74, 6) is -1.42. The summed E-state index contributed by atoms with van der Waals surface area (Å²) in [6.45, 7) is 1.53. The lowest BCUT2D eigenvalue weighted by atomic mass is 10.1. The average Bonchev–Trinajstić information content (AvgIpc) is 2.79. The summed E-state index contributed by atoms with van der Waals surface area (Å²) in [7, 11) is 0. The first kappa shape index (κ1) is 23.7. The van der Waals surface area contributed by atoms with E-state index in [1.807, 2.05) is 25.1 Å². The first-order valence-corrected chi connectivity index (χ1v) is 10.6. The van der Waals surface area contributed by atoms with Gasteiger partial charge in [-0.15, -0.1) is 0 Å². The normalized spacial score (nSPS) is 10.8. The first-order chi connectivity index (χ1) is 15.9. The molecule has 166 valence electrons. The molecule has 3 rings (SSSR count). The van der Waals surface area contributed by atoms with Gasteiger partial charge in [-0.25, -0.2) is 4.39 Å². The number of amides is 2. The van der Waals surface area contributed by atoms with E-state index in [4.69, 9.17) is 4.74 Å². The number of hydrogen-bond donors (Lipinski definition) is 2. The van der Waals surface area contributed by atoms with Crippen LogP contribution in [0.2, 0.25) is 0 Å². The summed E-state index contributed by atoms with van der Waals surface area (Å²) in [4.78, 5) is 24.8. The molecule has 0 aliphatic rings. The van der Waals surface area contributed by atoms with E-state index in [0.29, 0.717) is 15.7 Å². The molecule has 0 radical (unpaired) electrons. The maximum Gasteiger partial charge on any atom is 0.266 e. The molecule has 0 unspecified atom stereocenters. The minimum Gasteiger partial charge on any atom is -0.483 e. The molecule has 0 aromatic heterocycles. The van der Waals surface area contributed by atoms with E-state index < -0.39 is 24.2 Å². The van der Waals surface area contributed by atoms with Gasteiger partial charge in [0.2, 0.25) is 0 Å². The van der Waals surface area contributed by atoms with Gasteiger partial charge >= 0.3 is 0 Å². The Morgan fingerprint density at radius 3 is 2.52 bits per heavy atom. The number of ether oxygens (including phenoxy) is 1. The third-order valence-corrected chi connectivity index (χ3v) is 4.95. The Kier molecular flexibility index (Phi) is 7.95. The maximum atomic E-state index is 13.7. The summed E-state index contributed by atoms with van der Waals surface area (Å²) in [5, 5.41) is 14.6. The fourth-order valence-electron chi connectivity index (χ4n) is 2.80. The lowest BCUT2D eigenvalue weighted by molar-refractivity contribution is -0.118. The molecule has 0 saturated heterocycles. The lowest BCUT2D eigenvalue weighted by Gasteiger charge is -2.11. The van der Waals surface area contributed by atoms with Crippen LogP contribution >= 0.6 is 15.9 Å². The van der Waals surface area contributed by atoms with E-state index in [0.717, 1.165) is 5.56 Å². The second kappa shape index (κ2) is 11.1. The number of para-hydroxylation sites is 1. The highest BCUT2D eigenvalue weighted by Gasteiger charge is 2.13. The average molecular weight is 508 g/mol. The van der Waals surface area contributed by atoms with Crippen molar-refractivity contribution < 1.29 is 18.7 Å². The predicted octanol–water partition coefficient (Wildman–Crippen LogP) is 5.46. The lowest BCUT2D eigenvalue weighted by Crippen LogP contribution is -2.21. The van der Waals surface area contributed by atoms with E-state index in [2.05, 4.69) is 26.6 Å². The zero-order valence-corrected chi connectivity index (χ0v) is 19.1. The van der Waals surface area contributed by atoms with E-state index in [1.165, 1.54) is 24.3 Å². The number of anilines is 2. The SMILES string of the molecule is Cc1ccc(NC(=O)/C(C#N)=C\c2cc(Br)ccc2OCC(=O)Nc2ccccc2F)cc1. The zero-order chi connectivity index (χ0) is 23.8. The first-order valence-electron chi connectivity index (χ1n) is 9.82. The van der Waals surface area contributed by atoms with Gasteiger partial charge in [0, 0.05) is 15.7 Å². The van der Waals surface area contributed by atoms with Crippen molar-refractivity contribution in [3.05, 3.63) is 93.7 Å². The molecule has 6 nitrogen and oxygen atoms in total. The van der Waals surface area contributed by atoms with Crippen LogP contribution in [-0.2, 0) is 9.59 Å². The maximum absolute atomic E-state index is 13.7. The minimum atomic E-state index is -0.579. The fraction of sp³-hybridized carbons (Fsp3) is 0.0800. The van der Waals surface area contributed by atoms with E-state index in [9.17, 15) is 19.2 Å². The summed E-state index contributed by atoms with van der Waals surface area (Å²) in [5.41, 5.74) is 1.91. The standard InChI is InChI=1S/C25H19BrFN3O3/c1-16-6-9-20(10-7-16)29-25(32)18(14-28)12-17-13-19(26)8-11-23(17)33-15-24(31)30-22-5-3-2-4-21(22)27/h2-13H,15H2,1H3,(H,29,32)(H,30,31)/b18-12-. The summed E-state index contributed by atoms with van der Waals surface area (Å²) in [6.07, 6.45) is 1.37. The molecule has 2 N–H and O–H groups in total. The number of carbonyl (C=O) groups excluding carboxylic acids is 2. The Morgan fingerprint density at radius 1 is 1.09 bits per heavy atom. The van der Waals surface area contributed by atoms with E-state index >= 15 is 0 Å². The van der Waals surface area contributed by atoms with Gasteiger partial charge in [-0.2, -0.15) is 5.26 Å². The van der Waals surface area contributed by atoms with Crippen molar-refractivity contribution in [2.24, 2.45) is 0 Å². The Morgan fingerprint density at radius 2 is 1.82 bits per heavy atom. The molecular formula is C25H19BrFN3O3. The number of nitriles is 1. The number of nitrogens with one attached hydrogen (secondary N) is 2. The van der Waals surface area contributed by atoms with Gasteiger partial charge in [-0.05, 0) is 55.5 Å². The Bertz CT molecular complexity index is 1250. The van der Waals surface area contributed by atoms with Gasteiger partial charge in [-0.1, -0.05) is 45.8 Å². The Balaban J connectivity index is 1.75. The molecule has 0 aliphatic heterocycles. The van der Waals surface area contributed by atoms with Gasteiger partial charge < -0.3 is 15.4 Å². The van der Waals surface area contributed by atoms with Crippen molar-refractivity contribution in [1.82, 2.24) is 0 Å². The van der Waals surface area contributed by atoms with Crippen LogP contribution in [0, 0.1) is 24.1 Å². The van der Waals surface area contributed by atoms with Gasteiger partial charge in [0.25, 0.3) is 11.8 Å². The van der Waals surface area contributed by atoms with Crippen LogP contribution < -0.4 is 15.4 Å². The van der Waals surface area contributed by atoms with Crippen LogP contribution in [0.4, 0.5) is 15.8 Å². The molecule has 3 aromatic rings. The Labute approximate surface area is 198 Å². The van der Waals surface area contributed by atoms with Crippen LogP contribution in [0.1, 0.15) is 11.1 Å². The van der Waals surface area contributed by atoms with E-state index in [1.54, 1.807) is 36.4 Å². The topological polar surface area (TPSA) is 91.2 Å². The number of hydrogen-bond acceptors (Lipinski definition) is 4.